The highest BCUT2D eigenvalue weighted by molar-refractivity contribution is 7.99. The molecule has 17 heavy (non-hydrogen) atoms. The van der Waals surface area contributed by atoms with Crippen LogP contribution in [0.4, 0.5) is 0 Å². The first-order chi connectivity index (χ1) is 7.87. The van der Waals surface area contributed by atoms with Gasteiger partial charge < -0.3 is 5.73 Å². The molecule has 0 amide bonds. The number of aromatic nitrogens is 1. The molecule has 0 saturated carbocycles. The Balaban J connectivity index is 2.15. The van der Waals surface area contributed by atoms with Gasteiger partial charge in [0.25, 0.3) is 0 Å². The van der Waals surface area contributed by atoms with Crippen molar-refractivity contribution in [3.8, 4) is 0 Å². The maximum Gasteiger partial charge on any atom is 0.103 e. The first-order valence-electron chi connectivity index (χ1n) is 6.23. The Morgan fingerprint density at radius 3 is 2.88 bits per heavy atom. The number of thiazole rings is 1. The van der Waals surface area contributed by atoms with Gasteiger partial charge in [-0.3, -0.25) is 0 Å². The van der Waals surface area contributed by atoms with Crippen LogP contribution in [-0.2, 0) is 12.2 Å². The second-order valence-electron chi connectivity index (χ2n) is 5.93. The molecule has 2 nitrogen and oxygen atoms in total. The number of thioether (sulfide) groups is 1. The smallest absolute Gasteiger partial charge is 0.103 e. The summed E-state index contributed by atoms with van der Waals surface area (Å²) < 4.78 is 0. The van der Waals surface area contributed by atoms with E-state index in [9.17, 15) is 0 Å². The largest absolute Gasteiger partial charge is 0.323 e. The van der Waals surface area contributed by atoms with Crippen LogP contribution >= 0.6 is 23.1 Å². The van der Waals surface area contributed by atoms with Gasteiger partial charge in [-0.1, -0.05) is 27.7 Å². The van der Waals surface area contributed by atoms with Crippen LogP contribution in [0.2, 0.25) is 0 Å². The molecule has 96 valence electrons. The predicted octanol–water partition coefficient (Wildman–Crippen LogP) is 3.76. The van der Waals surface area contributed by atoms with E-state index in [1.165, 1.54) is 15.6 Å². The zero-order valence-electron chi connectivity index (χ0n) is 11.1. The minimum atomic E-state index is 0.198. The van der Waals surface area contributed by atoms with Gasteiger partial charge >= 0.3 is 0 Å². The molecule has 4 heteroatoms. The normalized spacial score (nSPS) is 22.8. The first kappa shape index (κ1) is 13.4. The van der Waals surface area contributed by atoms with E-state index < -0.39 is 0 Å². The van der Waals surface area contributed by atoms with Crippen molar-refractivity contribution in [2.24, 2.45) is 11.1 Å². The molecule has 1 unspecified atom stereocenters. The molecule has 0 saturated heterocycles. The van der Waals surface area contributed by atoms with E-state index in [1.54, 1.807) is 0 Å². The number of hydrogen-bond acceptors (Lipinski definition) is 4. The third-order valence-electron chi connectivity index (χ3n) is 3.07. The summed E-state index contributed by atoms with van der Waals surface area (Å²) in [4.78, 5) is 6.12. The predicted molar refractivity (Wildman–Crippen MR) is 77.6 cm³/mol. The van der Waals surface area contributed by atoms with Gasteiger partial charge in [-0.25, -0.2) is 4.98 Å². The van der Waals surface area contributed by atoms with Gasteiger partial charge in [0.05, 0.1) is 5.69 Å². The average Bonchev–Trinajstić information content (AvgIpc) is 2.56. The summed E-state index contributed by atoms with van der Waals surface area (Å²) in [7, 11) is 0. The fraction of sp³-hybridized carbons (Fsp3) is 0.769. The van der Waals surface area contributed by atoms with E-state index >= 15 is 0 Å². The number of hydrogen-bond donors (Lipinski definition) is 1. The average molecular weight is 270 g/mol. The van der Waals surface area contributed by atoms with Crippen molar-refractivity contribution in [2.45, 2.75) is 57.6 Å². The second kappa shape index (κ2) is 4.90. The molecule has 1 aliphatic rings. The molecule has 0 aromatic carbocycles. The molecule has 1 aromatic rings. The molecule has 2 N–H and O–H groups in total. The summed E-state index contributed by atoms with van der Waals surface area (Å²) in [6, 6.07) is 0.198. The molecular weight excluding hydrogens is 248 g/mol. The van der Waals surface area contributed by atoms with Crippen molar-refractivity contribution in [3.05, 3.63) is 15.6 Å². The van der Waals surface area contributed by atoms with Gasteiger partial charge in [-0.15, -0.1) is 11.3 Å². The lowest BCUT2D eigenvalue weighted by molar-refractivity contribution is 0.282. The SMILES string of the molecule is CC(C)SCc1nc2c(s1)C(N)CC(C)(C)C2. The van der Waals surface area contributed by atoms with Gasteiger partial charge in [-0.05, 0) is 23.5 Å². The number of fused-ring (bicyclic) bond motifs is 1. The molecule has 1 aromatic heterocycles. The number of nitrogens with zero attached hydrogens (tertiary/aromatic N) is 1. The summed E-state index contributed by atoms with van der Waals surface area (Å²) >= 11 is 3.79. The fourth-order valence-corrected chi connectivity index (χ4v) is 4.20. The van der Waals surface area contributed by atoms with Crippen LogP contribution < -0.4 is 5.73 Å². The second-order valence-corrected chi connectivity index (χ2v) is 8.61. The third kappa shape index (κ3) is 3.24. The molecule has 1 heterocycles. The minimum absolute atomic E-state index is 0.198. The molecule has 0 spiro atoms. The van der Waals surface area contributed by atoms with Crippen LogP contribution in [0, 0.1) is 5.41 Å². The van der Waals surface area contributed by atoms with Crippen molar-refractivity contribution >= 4 is 23.1 Å². The Hall–Kier alpha value is -0.0600. The first-order valence-corrected chi connectivity index (χ1v) is 8.09. The summed E-state index contributed by atoms with van der Waals surface area (Å²) in [6.07, 6.45) is 2.16. The van der Waals surface area contributed by atoms with E-state index in [1.807, 2.05) is 23.1 Å². The zero-order chi connectivity index (χ0) is 12.6. The maximum atomic E-state index is 6.25. The fourth-order valence-electron chi connectivity index (χ4n) is 2.34. The molecule has 2 rings (SSSR count). The van der Waals surface area contributed by atoms with Gasteiger partial charge in [0.15, 0.2) is 0 Å². The Bertz CT molecular complexity index is 396. The maximum absolute atomic E-state index is 6.25. The zero-order valence-corrected chi connectivity index (χ0v) is 12.8. The Kier molecular flexibility index (Phi) is 3.86. The van der Waals surface area contributed by atoms with E-state index in [4.69, 9.17) is 10.7 Å². The quantitative estimate of drug-likeness (QED) is 0.909. The molecule has 0 aliphatic heterocycles. The van der Waals surface area contributed by atoms with Crippen LogP contribution in [0.3, 0.4) is 0 Å². The van der Waals surface area contributed by atoms with Gasteiger partial charge in [-0.2, -0.15) is 11.8 Å². The van der Waals surface area contributed by atoms with E-state index in [2.05, 4.69) is 27.7 Å². The summed E-state index contributed by atoms with van der Waals surface area (Å²) in [5.41, 5.74) is 7.83. The minimum Gasteiger partial charge on any atom is -0.323 e. The van der Waals surface area contributed by atoms with E-state index in [0.717, 1.165) is 18.6 Å². The highest BCUT2D eigenvalue weighted by atomic mass is 32.2. The molecule has 0 bridgehead atoms. The summed E-state index contributed by atoms with van der Waals surface area (Å²) in [6.45, 7) is 9.04. The van der Waals surface area contributed by atoms with Crippen molar-refractivity contribution in [3.63, 3.8) is 0 Å². The molecule has 0 radical (unpaired) electrons. The van der Waals surface area contributed by atoms with Gasteiger partial charge in [0.1, 0.15) is 5.01 Å². The third-order valence-corrected chi connectivity index (χ3v) is 5.59. The van der Waals surface area contributed by atoms with Crippen LogP contribution in [0.15, 0.2) is 0 Å². The molecule has 1 atom stereocenters. The van der Waals surface area contributed by atoms with Crippen LogP contribution in [0.25, 0.3) is 0 Å². The van der Waals surface area contributed by atoms with Gasteiger partial charge in [0, 0.05) is 16.7 Å². The monoisotopic (exact) mass is 270 g/mol. The molecule has 1 aliphatic carbocycles. The van der Waals surface area contributed by atoms with Crippen LogP contribution in [0.5, 0.6) is 0 Å². The highest BCUT2D eigenvalue weighted by Gasteiger charge is 2.33. The standard InChI is InChI=1S/C13H22N2S2/c1-8(2)16-7-11-15-10-6-13(3,4)5-9(14)12(10)17-11/h8-9H,5-7,14H2,1-4H3. The summed E-state index contributed by atoms with van der Waals surface area (Å²) in [5.74, 6) is 1.03. The van der Waals surface area contributed by atoms with E-state index in [0.29, 0.717) is 10.7 Å². The van der Waals surface area contributed by atoms with Gasteiger partial charge in [0.2, 0.25) is 0 Å². The lowest BCUT2D eigenvalue weighted by atomic mass is 9.77. The van der Waals surface area contributed by atoms with Crippen LogP contribution in [0.1, 0.15) is 55.7 Å². The van der Waals surface area contributed by atoms with Crippen molar-refractivity contribution in [2.75, 3.05) is 0 Å². The molecular formula is C13H22N2S2. The lowest BCUT2D eigenvalue weighted by Crippen LogP contribution is -2.28. The van der Waals surface area contributed by atoms with Crippen LogP contribution in [-0.4, -0.2) is 10.2 Å². The topological polar surface area (TPSA) is 38.9 Å². The lowest BCUT2D eigenvalue weighted by Gasteiger charge is -2.32. The summed E-state index contributed by atoms with van der Waals surface area (Å²) in [5, 5.41) is 1.92. The highest BCUT2D eigenvalue weighted by Crippen LogP contribution is 2.42. The Labute approximate surface area is 112 Å². The van der Waals surface area contributed by atoms with E-state index in [-0.39, 0.29) is 6.04 Å². The Morgan fingerprint density at radius 2 is 2.24 bits per heavy atom. The molecule has 0 fully saturated rings. The number of nitrogens with two attached hydrogens (primary N) is 1. The number of rotatable bonds is 3. The van der Waals surface area contributed by atoms with Crippen molar-refractivity contribution in [1.29, 1.82) is 0 Å². The Morgan fingerprint density at radius 1 is 1.53 bits per heavy atom. The van der Waals surface area contributed by atoms with Crippen molar-refractivity contribution in [1.82, 2.24) is 4.98 Å². The van der Waals surface area contributed by atoms with Crippen molar-refractivity contribution < 1.29 is 0 Å².